The normalized spacial score (nSPS) is 16.5. The average Bonchev–Trinajstić information content (AvgIpc) is 3.59. The maximum atomic E-state index is 16.2. The Morgan fingerprint density at radius 1 is 0.875 bits per heavy atom. The van der Waals surface area contributed by atoms with Gasteiger partial charge in [-0.15, -0.1) is 0 Å². The molecule has 3 heterocycles. The van der Waals surface area contributed by atoms with Gasteiger partial charge >= 0.3 is 15.9 Å². The molecule has 2 fully saturated rings. The van der Waals surface area contributed by atoms with Crippen molar-refractivity contribution in [3.8, 4) is 5.75 Å². The number of anilines is 4. The SMILES string of the molecule is Cn1c(=O)n(C2CCC(=O)NC2=O)c2ccc(Nc3ccc(C(=O)Nc4ccc5c(F)c(N6CC(=O)NS6(=O)=O)c(OCc6ccccc6)cc5c4)cc3)cc21. The Hall–Kier alpha value is -7.01. The summed E-state index contributed by atoms with van der Waals surface area (Å²) < 4.78 is 52.9. The summed E-state index contributed by atoms with van der Waals surface area (Å²) in [6.07, 6.45) is 0.365. The summed E-state index contributed by atoms with van der Waals surface area (Å²) in [7, 11) is -2.76. The van der Waals surface area contributed by atoms with Gasteiger partial charge in [-0.25, -0.2) is 18.2 Å². The second-order valence-corrected chi connectivity index (χ2v) is 14.9. The number of nitrogens with zero attached hydrogens (tertiary/aromatic N) is 3. The molecule has 5 aromatic carbocycles. The molecule has 8 rings (SSSR count). The van der Waals surface area contributed by atoms with Crippen LogP contribution in [-0.4, -0.2) is 47.7 Å². The smallest absolute Gasteiger partial charge is 0.329 e. The molecule has 17 heteroatoms. The van der Waals surface area contributed by atoms with E-state index in [2.05, 4.69) is 16.0 Å². The molecule has 2 aliphatic rings. The van der Waals surface area contributed by atoms with Crippen LogP contribution in [0.4, 0.5) is 27.1 Å². The van der Waals surface area contributed by atoms with Crippen molar-refractivity contribution in [2.45, 2.75) is 25.5 Å². The van der Waals surface area contributed by atoms with Crippen LogP contribution >= 0.6 is 0 Å². The fourth-order valence-corrected chi connectivity index (χ4v) is 8.03. The van der Waals surface area contributed by atoms with E-state index in [4.69, 9.17) is 4.74 Å². The maximum Gasteiger partial charge on any atom is 0.329 e. The molecule has 1 unspecified atom stereocenters. The highest BCUT2D eigenvalue weighted by molar-refractivity contribution is 7.92. The summed E-state index contributed by atoms with van der Waals surface area (Å²) in [4.78, 5) is 62.6. The number of imidazole rings is 1. The van der Waals surface area contributed by atoms with Crippen molar-refractivity contribution >= 4 is 78.4 Å². The molecule has 4 N–H and O–H groups in total. The second-order valence-electron chi connectivity index (χ2n) is 13.3. The number of carbonyl (C=O) groups excluding carboxylic acids is 4. The van der Waals surface area contributed by atoms with E-state index in [1.54, 1.807) is 73.8 Å². The number of aryl methyl sites for hydroxylation is 1. The number of piperidine rings is 1. The number of carbonyl (C=O) groups is 4. The Bertz CT molecular complexity index is 2790. The van der Waals surface area contributed by atoms with Crippen molar-refractivity contribution in [1.82, 2.24) is 19.2 Å². The van der Waals surface area contributed by atoms with Gasteiger partial charge in [-0.05, 0) is 84.1 Å². The van der Waals surface area contributed by atoms with Crippen molar-refractivity contribution in [2.75, 3.05) is 21.5 Å². The highest BCUT2D eigenvalue weighted by atomic mass is 32.2. The Morgan fingerprint density at radius 2 is 1.61 bits per heavy atom. The number of benzene rings is 5. The van der Waals surface area contributed by atoms with Crippen molar-refractivity contribution in [1.29, 1.82) is 0 Å². The summed E-state index contributed by atoms with van der Waals surface area (Å²) in [5, 5.41) is 8.71. The molecule has 0 bridgehead atoms. The number of halogens is 1. The minimum Gasteiger partial charge on any atom is -0.487 e. The molecular weight excluding hydrogens is 746 g/mol. The predicted octanol–water partition coefficient (Wildman–Crippen LogP) is 4.37. The van der Waals surface area contributed by atoms with Gasteiger partial charge in [0.25, 0.3) is 11.8 Å². The molecule has 6 aromatic rings. The molecular formula is C39H32FN7O8S. The number of nitrogens with one attached hydrogen (secondary N) is 4. The van der Waals surface area contributed by atoms with Crippen molar-refractivity contribution in [3.63, 3.8) is 0 Å². The standard InChI is InChI=1S/C39H32FN7O8S/c1-45-31-19-27(12-14-29(31)47(39(45)52)30-15-16-33(48)43-38(30)51)41-25-9-7-23(8-10-25)37(50)42-26-11-13-28-24(17-26)18-32(55-21-22-5-3-2-4-6-22)36(35(28)40)46-20-34(49)44-56(46,53)54/h2-14,17-19,30,41H,15-16,20-21H2,1H3,(H,42,50)(H,44,49)(H,43,48,51). The van der Waals surface area contributed by atoms with Gasteiger partial charge in [0.05, 0.1) is 11.0 Å². The molecule has 4 amide bonds. The Balaban J connectivity index is 1.01. The van der Waals surface area contributed by atoms with E-state index in [1.807, 2.05) is 10.8 Å². The molecule has 2 saturated heterocycles. The van der Waals surface area contributed by atoms with Gasteiger partial charge < -0.3 is 15.4 Å². The first-order valence-electron chi connectivity index (χ1n) is 17.4. The summed E-state index contributed by atoms with van der Waals surface area (Å²) in [6, 6.07) is 26.0. The summed E-state index contributed by atoms with van der Waals surface area (Å²) >= 11 is 0. The number of hydrogen-bond donors (Lipinski definition) is 4. The lowest BCUT2D eigenvalue weighted by atomic mass is 10.1. The first-order valence-corrected chi connectivity index (χ1v) is 18.8. The highest BCUT2D eigenvalue weighted by Gasteiger charge is 2.38. The van der Waals surface area contributed by atoms with Crippen molar-refractivity contribution < 1.29 is 36.7 Å². The zero-order valence-electron chi connectivity index (χ0n) is 29.5. The van der Waals surface area contributed by atoms with Crippen LogP contribution in [0.3, 0.4) is 0 Å². The molecule has 1 atom stereocenters. The lowest BCUT2D eigenvalue weighted by Gasteiger charge is -2.21. The van der Waals surface area contributed by atoms with Crippen LogP contribution in [0.2, 0.25) is 0 Å². The quantitative estimate of drug-likeness (QED) is 0.155. The van der Waals surface area contributed by atoms with Gasteiger partial charge in [0, 0.05) is 41.5 Å². The topological polar surface area (TPSA) is 190 Å². The fourth-order valence-electron chi connectivity index (χ4n) is 6.87. The van der Waals surface area contributed by atoms with E-state index < -0.39 is 52.0 Å². The Kier molecular flexibility index (Phi) is 9.00. The maximum absolute atomic E-state index is 16.2. The van der Waals surface area contributed by atoms with Gasteiger partial charge in [0.2, 0.25) is 11.8 Å². The Morgan fingerprint density at radius 3 is 2.32 bits per heavy atom. The van der Waals surface area contributed by atoms with Gasteiger partial charge in [-0.3, -0.25) is 33.6 Å². The van der Waals surface area contributed by atoms with E-state index >= 15 is 4.39 Å². The minimum absolute atomic E-state index is 0.0122. The van der Waals surface area contributed by atoms with Crippen LogP contribution in [0, 0.1) is 5.82 Å². The fraction of sp³-hybridized carbons (Fsp3) is 0.154. The van der Waals surface area contributed by atoms with Crippen molar-refractivity contribution in [2.24, 2.45) is 7.05 Å². The monoisotopic (exact) mass is 777 g/mol. The number of amides is 4. The molecule has 0 saturated carbocycles. The lowest BCUT2D eigenvalue weighted by Crippen LogP contribution is -2.44. The van der Waals surface area contributed by atoms with Crippen LogP contribution in [0.5, 0.6) is 5.75 Å². The van der Waals surface area contributed by atoms with Crippen molar-refractivity contribution in [3.05, 3.63) is 124 Å². The third kappa shape index (κ3) is 6.68. The molecule has 284 valence electrons. The first kappa shape index (κ1) is 36.0. The molecule has 56 heavy (non-hydrogen) atoms. The van der Waals surface area contributed by atoms with Crippen LogP contribution < -0.4 is 35.4 Å². The second kappa shape index (κ2) is 14.0. The number of fused-ring (bicyclic) bond motifs is 2. The van der Waals surface area contributed by atoms with Gasteiger partial charge in [0.1, 0.15) is 30.6 Å². The van der Waals surface area contributed by atoms with Crippen LogP contribution in [-0.2, 0) is 38.2 Å². The van der Waals surface area contributed by atoms with E-state index in [0.29, 0.717) is 43.4 Å². The molecule has 0 aliphatic carbocycles. The van der Waals surface area contributed by atoms with E-state index in [1.165, 1.54) is 33.4 Å². The molecule has 1 aromatic heterocycles. The van der Waals surface area contributed by atoms with E-state index in [-0.39, 0.29) is 42.2 Å². The number of aromatic nitrogens is 2. The Labute approximate surface area is 317 Å². The summed E-state index contributed by atoms with van der Waals surface area (Å²) in [6.45, 7) is -0.631. The van der Waals surface area contributed by atoms with Gasteiger partial charge in [-0.1, -0.05) is 30.3 Å². The number of ether oxygens (including phenoxy) is 1. The molecule has 15 nitrogen and oxygen atoms in total. The van der Waals surface area contributed by atoms with E-state index in [9.17, 15) is 32.4 Å². The van der Waals surface area contributed by atoms with Gasteiger partial charge in [0.15, 0.2) is 5.82 Å². The predicted molar refractivity (Wildman–Crippen MR) is 205 cm³/mol. The summed E-state index contributed by atoms with van der Waals surface area (Å²) in [5.74, 6) is -3.17. The highest BCUT2D eigenvalue weighted by Crippen LogP contribution is 2.40. The number of rotatable bonds is 9. The van der Waals surface area contributed by atoms with E-state index in [0.717, 1.165) is 5.56 Å². The number of imide groups is 1. The molecule has 0 radical (unpaired) electrons. The lowest BCUT2D eigenvalue weighted by molar-refractivity contribution is -0.135. The third-order valence-electron chi connectivity index (χ3n) is 9.63. The minimum atomic E-state index is -4.36. The first-order chi connectivity index (χ1) is 26.9. The molecule has 0 spiro atoms. The van der Waals surface area contributed by atoms with Gasteiger partial charge in [-0.2, -0.15) is 8.42 Å². The third-order valence-corrected chi connectivity index (χ3v) is 11.0. The average molecular weight is 778 g/mol. The largest absolute Gasteiger partial charge is 0.487 e. The molecule has 2 aliphatic heterocycles. The zero-order chi connectivity index (χ0) is 39.3. The van der Waals surface area contributed by atoms with Crippen LogP contribution in [0.25, 0.3) is 21.8 Å². The summed E-state index contributed by atoms with van der Waals surface area (Å²) in [5.41, 5.74) is 3.02. The number of hydrogen-bond acceptors (Lipinski definition) is 9. The zero-order valence-corrected chi connectivity index (χ0v) is 30.4. The van der Waals surface area contributed by atoms with Crippen LogP contribution in [0.1, 0.15) is 34.8 Å². The van der Waals surface area contributed by atoms with Crippen LogP contribution in [0.15, 0.2) is 102 Å².